The maximum Gasteiger partial charge on any atom is 0.416 e. The average Bonchev–Trinajstić information content (AvgIpc) is 3.21. The van der Waals surface area contributed by atoms with Gasteiger partial charge in [-0.2, -0.15) is 13.2 Å². The smallest absolute Gasteiger partial charge is 0.416 e. The van der Waals surface area contributed by atoms with Crippen molar-refractivity contribution < 1.29 is 31.1 Å². The summed E-state index contributed by atoms with van der Waals surface area (Å²) in [6, 6.07) is 17.1. The molecule has 1 heterocycles. The predicted octanol–water partition coefficient (Wildman–Crippen LogP) is 5.68. The van der Waals surface area contributed by atoms with Gasteiger partial charge in [-0.1, -0.05) is 18.2 Å². The van der Waals surface area contributed by atoms with Crippen LogP contribution in [0.3, 0.4) is 0 Å². The Hall–Kier alpha value is -3.18. The van der Waals surface area contributed by atoms with E-state index in [1.807, 2.05) is 6.92 Å². The fraction of sp³-hybridized carbons (Fsp3) is 0.208. The first-order valence-electron chi connectivity index (χ1n) is 10.5. The molecular weight excluding hydrogens is 501 g/mol. The SMILES string of the molecule is CCOc1ccc(N2C(=O)CSC2c2ccc(NS(=O)(=O)c3cccc(C(F)(F)F)c3)cc2)cc1. The summed E-state index contributed by atoms with van der Waals surface area (Å²) in [7, 11) is -4.23. The third kappa shape index (κ3) is 5.57. The second-order valence-corrected chi connectivity index (χ2v) is 10.4. The number of halogens is 3. The largest absolute Gasteiger partial charge is 0.494 e. The van der Waals surface area contributed by atoms with Gasteiger partial charge in [-0.25, -0.2) is 8.42 Å². The van der Waals surface area contributed by atoms with E-state index < -0.39 is 26.7 Å². The Morgan fingerprint density at radius 1 is 1.06 bits per heavy atom. The van der Waals surface area contributed by atoms with Gasteiger partial charge in [-0.3, -0.25) is 14.4 Å². The summed E-state index contributed by atoms with van der Waals surface area (Å²) in [5, 5.41) is -0.311. The molecule has 3 aromatic carbocycles. The first-order chi connectivity index (χ1) is 16.6. The summed E-state index contributed by atoms with van der Waals surface area (Å²) >= 11 is 1.44. The van der Waals surface area contributed by atoms with Crippen LogP contribution in [-0.2, 0) is 21.0 Å². The minimum Gasteiger partial charge on any atom is -0.494 e. The molecule has 0 bridgehead atoms. The first kappa shape index (κ1) is 24.9. The van der Waals surface area contributed by atoms with Gasteiger partial charge in [0.25, 0.3) is 10.0 Å². The molecule has 1 N–H and O–H groups in total. The number of hydrogen-bond donors (Lipinski definition) is 1. The number of benzene rings is 3. The number of carbonyl (C=O) groups is 1. The number of amides is 1. The van der Waals surface area contributed by atoms with Crippen LogP contribution in [0.1, 0.15) is 23.4 Å². The van der Waals surface area contributed by atoms with Crippen LogP contribution in [-0.4, -0.2) is 26.7 Å². The molecule has 0 aliphatic carbocycles. The van der Waals surface area contributed by atoms with Crippen molar-refractivity contribution in [2.75, 3.05) is 22.0 Å². The molecule has 1 aliphatic heterocycles. The second kappa shape index (κ2) is 9.82. The third-order valence-corrected chi connectivity index (χ3v) is 7.80. The van der Waals surface area contributed by atoms with Crippen molar-refractivity contribution in [3.05, 3.63) is 83.9 Å². The Morgan fingerprint density at radius 2 is 1.74 bits per heavy atom. The van der Waals surface area contributed by atoms with Gasteiger partial charge in [0.1, 0.15) is 11.1 Å². The standard InChI is InChI=1S/C24H21F3N2O4S2/c1-2-33-20-12-10-19(11-13-20)29-22(30)15-34-23(29)16-6-8-18(9-7-16)28-35(31,32)21-5-3-4-17(14-21)24(25,26)27/h3-14,23,28H,2,15H2,1H3. The molecule has 184 valence electrons. The van der Waals surface area contributed by atoms with E-state index >= 15 is 0 Å². The van der Waals surface area contributed by atoms with Gasteiger partial charge in [0, 0.05) is 11.4 Å². The molecule has 0 radical (unpaired) electrons. The molecule has 1 unspecified atom stereocenters. The number of carbonyl (C=O) groups excluding carboxylic acids is 1. The van der Waals surface area contributed by atoms with Crippen molar-refractivity contribution in [2.24, 2.45) is 0 Å². The van der Waals surface area contributed by atoms with Crippen LogP contribution < -0.4 is 14.4 Å². The van der Waals surface area contributed by atoms with Crippen LogP contribution in [0.4, 0.5) is 24.5 Å². The zero-order chi connectivity index (χ0) is 25.2. The van der Waals surface area contributed by atoms with E-state index in [2.05, 4.69) is 4.72 Å². The maximum atomic E-state index is 13.0. The van der Waals surface area contributed by atoms with Crippen LogP contribution in [0, 0.1) is 0 Å². The third-order valence-electron chi connectivity index (χ3n) is 5.21. The van der Waals surface area contributed by atoms with Crippen LogP contribution in [0.25, 0.3) is 0 Å². The Bertz CT molecular complexity index is 1310. The number of ether oxygens (including phenoxy) is 1. The fourth-order valence-corrected chi connectivity index (χ4v) is 5.87. The minimum absolute atomic E-state index is 0.0570. The number of anilines is 2. The molecule has 0 spiro atoms. The molecule has 1 atom stereocenters. The molecule has 11 heteroatoms. The van der Waals surface area contributed by atoms with Crippen molar-refractivity contribution in [1.29, 1.82) is 0 Å². The molecule has 0 saturated carbocycles. The molecule has 3 aromatic rings. The van der Waals surface area contributed by atoms with E-state index in [9.17, 15) is 26.4 Å². The summed E-state index contributed by atoms with van der Waals surface area (Å²) in [6.45, 7) is 2.41. The summed E-state index contributed by atoms with van der Waals surface area (Å²) < 4.78 is 71.9. The topological polar surface area (TPSA) is 75.7 Å². The van der Waals surface area contributed by atoms with Gasteiger partial charge >= 0.3 is 6.18 Å². The molecule has 1 amide bonds. The lowest BCUT2D eigenvalue weighted by Gasteiger charge is -2.24. The summed E-state index contributed by atoms with van der Waals surface area (Å²) in [4.78, 5) is 13.8. The van der Waals surface area contributed by atoms with Crippen LogP contribution >= 0.6 is 11.8 Å². The molecule has 0 aromatic heterocycles. The van der Waals surface area contributed by atoms with Gasteiger partial charge in [-0.05, 0) is 67.1 Å². The lowest BCUT2D eigenvalue weighted by molar-refractivity contribution is -0.137. The van der Waals surface area contributed by atoms with Gasteiger partial charge < -0.3 is 4.74 Å². The Balaban J connectivity index is 1.53. The summed E-state index contributed by atoms with van der Waals surface area (Å²) in [5.41, 5.74) is 0.626. The van der Waals surface area contributed by atoms with E-state index in [0.29, 0.717) is 29.9 Å². The molecular formula is C24H21F3N2O4S2. The number of thioether (sulfide) groups is 1. The van der Waals surface area contributed by atoms with Crippen LogP contribution in [0.5, 0.6) is 5.75 Å². The molecule has 1 aliphatic rings. The number of rotatable bonds is 7. The highest BCUT2D eigenvalue weighted by atomic mass is 32.2. The zero-order valence-electron chi connectivity index (χ0n) is 18.5. The fourth-order valence-electron chi connectivity index (χ4n) is 3.59. The lowest BCUT2D eigenvalue weighted by atomic mass is 10.1. The maximum absolute atomic E-state index is 13.0. The number of nitrogens with zero attached hydrogens (tertiary/aromatic N) is 1. The highest BCUT2D eigenvalue weighted by Crippen LogP contribution is 2.42. The van der Waals surface area contributed by atoms with Crippen molar-refractivity contribution in [2.45, 2.75) is 23.4 Å². The van der Waals surface area contributed by atoms with E-state index in [1.165, 1.54) is 23.9 Å². The molecule has 35 heavy (non-hydrogen) atoms. The van der Waals surface area contributed by atoms with Crippen molar-refractivity contribution in [3.63, 3.8) is 0 Å². The second-order valence-electron chi connectivity index (χ2n) is 7.61. The zero-order valence-corrected chi connectivity index (χ0v) is 20.1. The van der Waals surface area contributed by atoms with Crippen LogP contribution in [0.15, 0.2) is 77.7 Å². The van der Waals surface area contributed by atoms with E-state index in [1.54, 1.807) is 41.3 Å². The number of alkyl halides is 3. The van der Waals surface area contributed by atoms with Crippen molar-refractivity contribution >= 4 is 39.1 Å². The molecule has 1 saturated heterocycles. The Morgan fingerprint density at radius 3 is 2.37 bits per heavy atom. The monoisotopic (exact) mass is 522 g/mol. The normalized spacial score (nSPS) is 16.4. The molecule has 1 fully saturated rings. The quantitative estimate of drug-likeness (QED) is 0.432. The summed E-state index contributed by atoms with van der Waals surface area (Å²) in [5.74, 6) is 0.935. The van der Waals surface area contributed by atoms with E-state index in [-0.39, 0.29) is 17.0 Å². The van der Waals surface area contributed by atoms with Gasteiger partial charge in [0.2, 0.25) is 5.91 Å². The molecule has 4 rings (SSSR count). The van der Waals surface area contributed by atoms with Gasteiger partial charge in [-0.15, -0.1) is 11.8 Å². The van der Waals surface area contributed by atoms with Crippen LogP contribution in [0.2, 0.25) is 0 Å². The minimum atomic E-state index is -4.65. The molecule has 6 nitrogen and oxygen atoms in total. The van der Waals surface area contributed by atoms with Gasteiger partial charge in [0.15, 0.2) is 0 Å². The predicted molar refractivity (Wildman–Crippen MR) is 129 cm³/mol. The van der Waals surface area contributed by atoms with Crippen molar-refractivity contribution in [1.82, 2.24) is 0 Å². The highest BCUT2D eigenvalue weighted by Gasteiger charge is 2.34. The Labute approximate surface area is 205 Å². The number of sulfonamides is 1. The first-order valence-corrected chi connectivity index (χ1v) is 13.1. The highest BCUT2D eigenvalue weighted by molar-refractivity contribution is 8.00. The average molecular weight is 523 g/mol. The van der Waals surface area contributed by atoms with Crippen molar-refractivity contribution in [3.8, 4) is 5.75 Å². The number of hydrogen-bond acceptors (Lipinski definition) is 5. The van der Waals surface area contributed by atoms with Gasteiger partial charge in [0.05, 0.1) is 22.8 Å². The van der Waals surface area contributed by atoms with E-state index in [0.717, 1.165) is 23.8 Å². The number of nitrogens with one attached hydrogen (secondary N) is 1. The van der Waals surface area contributed by atoms with E-state index in [4.69, 9.17) is 4.74 Å². The Kier molecular flexibility index (Phi) is 7.00. The summed E-state index contributed by atoms with van der Waals surface area (Å²) in [6.07, 6.45) is -4.65. The lowest BCUT2D eigenvalue weighted by Crippen LogP contribution is -2.27.